The number of nitrogens with one attached hydrogen (secondary N) is 1. The van der Waals surface area contributed by atoms with Crippen LogP contribution >= 0.6 is 0 Å². The van der Waals surface area contributed by atoms with E-state index < -0.39 is 16.1 Å². The van der Waals surface area contributed by atoms with Gasteiger partial charge in [-0.25, -0.2) is 13.1 Å². The summed E-state index contributed by atoms with van der Waals surface area (Å²) in [5, 5.41) is 0. The third-order valence-electron chi connectivity index (χ3n) is 5.51. The van der Waals surface area contributed by atoms with Crippen LogP contribution in [0.4, 0.5) is 0 Å². The molecule has 2 aliphatic heterocycles. The summed E-state index contributed by atoms with van der Waals surface area (Å²) in [7, 11) is -3.58. The number of benzene rings is 1. The lowest BCUT2D eigenvalue weighted by molar-refractivity contribution is -0.142. The third-order valence-corrected chi connectivity index (χ3v) is 7.02. The Morgan fingerprint density at radius 1 is 1.04 bits per heavy atom. The Morgan fingerprint density at radius 2 is 1.78 bits per heavy atom. The van der Waals surface area contributed by atoms with Gasteiger partial charge in [0.05, 0.1) is 4.90 Å². The number of amides is 1. The van der Waals surface area contributed by atoms with Crippen molar-refractivity contribution in [1.82, 2.24) is 9.62 Å². The molecule has 1 saturated carbocycles. The van der Waals surface area contributed by atoms with Gasteiger partial charge in [-0.2, -0.15) is 0 Å². The van der Waals surface area contributed by atoms with E-state index >= 15 is 0 Å². The predicted molar refractivity (Wildman–Crippen MR) is 99.4 cm³/mol. The van der Waals surface area contributed by atoms with Crippen molar-refractivity contribution in [1.29, 1.82) is 0 Å². The summed E-state index contributed by atoms with van der Waals surface area (Å²) < 4.78 is 39.4. The van der Waals surface area contributed by atoms with Crippen molar-refractivity contribution in [3.05, 3.63) is 18.2 Å². The molecule has 0 spiro atoms. The maximum Gasteiger partial charge on any atom is 0.267 e. The molecule has 8 heteroatoms. The second-order valence-corrected chi connectivity index (χ2v) is 9.23. The highest BCUT2D eigenvalue weighted by Crippen LogP contribution is 2.34. The van der Waals surface area contributed by atoms with Gasteiger partial charge in [0.25, 0.3) is 5.91 Å². The minimum absolute atomic E-state index is 0.00902. The Kier molecular flexibility index (Phi) is 5.27. The highest BCUT2D eigenvalue weighted by molar-refractivity contribution is 7.89. The number of carbonyl (C=O) groups is 1. The average Bonchev–Trinajstić information content (AvgIpc) is 3.19. The second kappa shape index (κ2) is 7.67. The van der Waals surface area contributed by atoms with Gasteiger partial charge >= 0.3 is 0 Å². The number of likely N-dealkylation sites (tertiary alicyclic amines) is 1. The number of hydrogen-bond acceptors (Lipinski definition) is 5. The van der Waals surface area contributed by atoms with Crippen LogP contribution < -0.4 is 14.2 Å². The number of rotatable bonds is 4. The third kappa shape index (κ3) is 4.06. The van der Waals surface area contributed by atoms with Crippen LogP contribution in [-0.4, -0.2) is 51.1 Å². The number of fused-ring (bicyclic) bond motifs is 1. The Morgan fingerprint density at radius 3 is 2.52 bits per heavy atom. The highest BCUT2D eigenvalue weighted by Gasteiger charge is 2.32. The van der Waals surface area contributed by atoms with Gasteiger partial charge in [0.1, 0.15) is 6.61 Å². The molecular formula is C19H26N2O5S. The summed E-state index contributed by atoms with van der Waals surface area (Å²) >= 11 is 0. The van der Waals surface area contributed by atoms with Crippen LogP contribution in [0.1, 0.15) is 44.9 Å². The van der Waals surface area contributed by atoms with Crippen LogP contribution in [-0.2, 0) is 14.8 Å². The first-order valence-electron chi connectivity index (χ1n) is 9.77. The Labute approximate surface area is 160 Å². The molecule has 1 N–H and O–H groups in total. The minimum atomic E-state index is -3.58. The highest BCUT2D eigenvalue weighted by atomic mass is 32.2. The Hall–Kier alpha value is -1.80. The summed E-state index contributed by atoms with van der Waals surface area (Å²) in [6, 6.07) is 4.57. The van der Waals surface area contributed by atoms with Crippen LogP contribution in [0.15, 0.2) is 23.1 Å². The summed E-state index contributed by atoms with van der Waals surface area (Å²) in [5.41, 5.74) is 0. The summed E-state index contributed by atoms with van der Waals surface area (Å²) in [6.07, 6.45) is 6.39. The molecule has 1 amide bonds. The number of nitrogens with zero attached hydrogens (tertiary/aromatic N) is 1. The first-order chi connectivity index (χ1) is 13.0. The van der Waals surface area contributed by atoms with E-state index in [-0.39, 0.29) is 23.5 Å². The number of carbonyl (C=O) groups excluding carboxylic acids is 1. The molecule has 1 aromatic carbocycles. The standard InChI is InChI=1S/C19H26N2O5S/c22-19(21-10-4-1-5-11-21)18-13-25-17-12-15(8-9-16(17)26-18)27(23,24)20-14-6-2-3-7-14/h8-9,12,14,18,20H,1-7,10-11,13H2/t18-/m0/s1. The Balaban J connectivity index is 1.45. The zero-order valence-electron chi connectivity index (χ0n) is 15.4. The van der Waals surface area contributed by atoms with Gasteiger partial charge in [-0.15, -0.1) is 0 Å². The van der Waals surface area contributed by atoms with Crippen LogP contribution in [0.2, 0.25) is 0 Å². The summed E-state index contributed by atoms with van der Waals surface area (Å²) in [4.78, 5) is 14.6. The molecule has 2 heterocycles. The van der Waals surface area contributed by atoms with Crippen molar-refractivity contribution in [3.63, 3.8) is 0 Å². The zero-order valence-corrected chi connectivity index (χ0v) is 16.2. The maximum absolute atomic E-state index is 12.6. The lowest BCUT2D eigenvalue weighted by Gasteiger charge is -2.32. The van der Waals surface area contributed by atoms with E-state index in [0.717, 1.165) is 58.0 Å². The largest absolute Gasteiger partial charge is 0.485 e. The van der Waals surface area contributed by atoms with Crippen LogP contribution in [0.5, 0.6) is 11.5 Å². The first-order valence-corrected chi connectivity index (χ1v) is 11.3. The van der Waals surface area contributed by atoms with E-state index in [0.29, 0.717) is 11.5 Å². The molecule has 1 aliphatic carbocycles. The van der Waals surface area contributed by atoms with Crippen molar-refractivity contribution in [3.8, 4) is 11.5 Å². The van der Waals surface area contributed by atoms with Gasteiger partial charge in [-0.1, -0.05) is 12.8 Å². The van der Waals surface area contributed by atoms with E-state index in [1.807, 2.05) is 4.90 Å². The fourth-order valence-corrected chi connectivity index (χ4v) is 5.31. The molecule has 1 saturated heterocycles. The number of sulfonamides is 1. The van der Waals surface area contributed by atoms with Crippen molar-refractivity contribution in [2.24, 2.45) is 0 Å². The van der Waals surface area contributed by atoms with Gasteiger partial charge in [0.15, 0.2) is 11.5 Å². The van der Waals surface area contributed by atoms with E-state index in [4.69, 9.17) is 9.47 Å². The van der Waals surface area contributed by atoms with Gasteiger partial charge in [-0.05, 0) is 44.2 Å². The fraction of sp³-hybridized carbons (Fsp3) is 0.632. The monoisotopic (exact) mass is 394 g/mol. The van der Waals surface area contributed by atoms with Crippen molar-refractivity contribution in [2.45, 2.75) is 62.0 Å². The smallest absolute Gasteiger partial charge is 0.267 e. The van der Waals surface area contributed by atoms with E-state index in [9.17, 15) is 13.2 Å². The normalized spacial score (nSPS) is 23.4. The molecule has 0 bridgehead atoms. The molecule has 27 heavy (non-hydrogen) atoms. The lowest BCUT2D eigenvalue weighted by atomic mass is 10.1. The SMILES string of the molecule is O=C([C@@H]1COc2cc(S(=O)(=O)NC3CCCC3)ccc2O1)N1CCCCC1. The molecule has 1 atom stereocenters. The van der Waals surface area contributed by atoms with Gasteiger partial charge < -0.3 is 14.4 Å². The van der Waals surface area contributed by atoms with E-state index in [1.165, 1.54) is 12.1 Å². The molecule has 2 fully saturated rings. The Bertz CT molecular complexity index is 798. The molecule has 0 aromatic heterocycles. The number of hydrogen-bond donors (Lipinski definition) is 1. The first kappa shape index (κ1) is 18.6. The number of ether oxygens (including phenoxy) is 2. The molecular weight excluding hydrogens is 368 g/mol. The van der Waals surface area contributed by atoms with Gasteiger partial charge in [0.2, 0.25) is 16.1 Å². The van der Waals surface area contributed by atoms with Crippen LogP contribution in [0.3, 0.4) is 0 Å². The predicted octanol–water partition coefficient (Wildman–Crippen LogP) is 2.06. The maximum atomic E-state index is 12.6. The molecule has 1 aromatic rings. The molecule has 7 nitrogen and oxygen atoms in total. The van der Waals surface area contributed by atoms with Crippen LogP contribution in [0.25, 0.3) is 0 Å². The summed E-state index contributed by atoms with van der Waals surface area (Å²) in [5.74, 6) is 0.725. The lowest BCUT2D eigenvalue weighted by Crippen LogP contribution is -2.48. The average molecular weight is 394 g/mol. The van der Waals surface area contributed by atoms with E-state index in [2.05, 4.69) is 4.72 Å². The summed E-state index contributed by atoms with van der Waals surface area (Å²) in [6.45, 7) is 1.62. The quantitative estimate of drug-likeness (QED) is 0.845. The molecule has 3 aliphatic rings. The zero-order chi connectivity index (χ0) is 18.9. The number of piperidine rings is 1. The van der Waals surface area contributed by atoms with Crippen molar-refractivity contribution < 1.29 is 22.7 Å². The molecule has 0 unspecified atom stereocenters. The topological polar surface area (TPSA) is 84.9 Å². The van der Waals surface area contributed by atoms with Gasteiger partial charge in [0, 0.05) is 25.2 Å². The minimum Gasteiger partial charge on any atom is -0.485 e. The molecule has 4 rings (SSSR count). The van der Waals surface area contributed by atoms with Crippen molar-refractivity contribution >= 4 is 15.9 Å². The van der Waals surface area contributed by atoms with Crippen molar-refractivity contribution in [2.75, 3.05) is 19.7 Å². The molecule has 0 radical (unpaired) electrons. The fourth-order valence-electron chi connectivity index (χ4n) is 3.99. The van der Waals surface area contributed by atoms with Crippen LogP contribution in [0, 0.1) is 0 Å². The second-order valence-electron chi connectivity index (χ2n) is 7.51. The molecule has 148 valence electrons. The van der Waals surface area contributed by atoms with Gasteiger partial charge in [-0.3, -0.25) is 4.79 Å². The van der Waals surface area contributed by atoms with E-state index in [1.54, 1.807) is 6.07 Å².